The average molecular weight is 229 g/mol. The van der Waals surface area contributed by atoms with E-state index in [-0.39, 0.29) is 0 Å². The van der Waals surface area contributed by atoms with Crippen molar-refractivity contribution in [2.24, 2.45) is 5.41 Å². The Kier molecular flexibility index (Phi) is 3.09. The summed E-state index contributed by atoms with van der Waals surface area (Å²) in [7, 11) is 0. The predicted molar refractivity (Wildman–Crippen MR) is 73.2 cm³/mol. The molecule has 0 atom stereocenters. The van der Waals surface area contributed by atoms with Crippen LogP contribution in [0, 0.1) is 5.41 Å². The number of anilines is 1. The van der Waals surface area contributed by atoms with Crippen LogP contribution in [0.5, 0.6) is 0 Å². The highest BCUT2D eigenvalue weighted by molar-refractivity contribution is 5.43. The molecule has 1 aromatic rings. The monoisotopic (exact) mass is 229 g/mol. The molecule has 92 valence electrons. The van der Waals surface area contributed by atoms with Crippen LogP contribution in [0.15, 0.2) is 30.3 Å². The third kappa shape index (κ3) is 2.48. The summed E-state index contributed by atoms with van der Waals surface area (Å²) in [5.41, 5.74) is 2.05. The van der Waals surface area contributed by atoms with Gasteiger partial charge in [0.25, 0.3) is 0 Å². The highest BCUT2D eigenvalue weighted by Gasteiger charge is 2.37. The Balaban J connectivity index is 1.55. The number of nitrogens with one attached hydrogen (secondary N) is 1. The van der Waals surface area contributed by atoms with Gasteiger partial charge in [-0.2, -0.15) is 0 Å². The van der Waals surface area contributed by atoms with Crippen molar-refractivity contribution in [3.8, 4) is 0 Å². The highest BCUT2D eigenvalue weighted by Crippen LogP contribution is 2.49. The number of benzene rings is 1. The van der Waals surface area contributed by atoms with E-state index in [2.05, 4.69) is 35.6 Å². The van der Waals surface area contributed by atoms with Crippen LogP contribution in [0.2, 0.25) is 0 Å². The van der Waals surface area contributed by atoms with Gasteiger partial charge in [-0.3, -0.25) is 0 Å². The second-order valence-electron chi connectivity index (χ2n) is 5.99. The molecule has 0 heterocycles. The SMILES string of the molecule is c1ccc(NC2CCC3(CCCC3)CC2)cc1. The van der Waals surface area contributed by atoms with Crippen molar-refractivity contribution >= 4 is 5.69 Å². The molecular formula is C16H23N. The Morgan fingerprint density at radius 2 is 1.53 bits per heavy atom. The highest BCUT2D eigenvalue weighted by atomic mass is 14.9. The predicted octanol–water partition coefficient (Wildman–Crippen LogP) is 4.60. The minimum Gasteiger partial charge on any atom is -0.382 e. The lowest BCUT2D eigenvalue weighted by Crippen LogP contribution is -2.31. The molecule has 1 spiro atoms. The van der Waals surface area contributed by atoms with Crippen molar-refractivity contribution in [3.05, 3.63) is 30.3 Å². The summed E-state index contributed by atoms with van der Waals surface area (Å²) in [6, 6.07) is 11.4. The lowest BCUT2D eigenvalue weighted by Gasteiger charge is -2.37. The van der Waals surface area contributed by atoms with Gasteiger partial charge in [-0.1, -0.05) is 31.0 Å². The van der Waals surface area contributed by atoms with E-state index in [9.17, 15) is 0 Å². The molecule has 0 aromatic heterocycles. The molecule has 2 aliphatic carbocycles. The molecule has 1 nitrogen and oxygen atoms in total. The van der Waals surface area contributed by atoms with Gasteiger partial charge in [0.05, 0.1) is 0 Å². The molecule has 1 aromatic carbocycles. The molecule has 0 amide bonds. The van der Waals surface area contributed by atoms with Crippen LogP contribution in [0.25, 0.3) is 0 Å². The molecule has 0 radical (unpaired) electrons. The van der Waals surface area contributed by atoms with E-state index in [4.69, 9.17) is 0 Å². The summed E-state index contributed by atoms with van der Waals surface area (Å²) in [4.78, 5) is 0. The lowest BCUT2D eigenvalue weighted by atomic mass is 9.71. The van der Waals surface area contributed by atoms with Gasteiger partial charge in [-0.25, -0.2) is 0 Å². The molecule has 2 aliphatic rings. The summed E-state index contributed by atoms with van der Waals surface area (Å²) in [5, 5.41) is 3.69. The molecule has 17 heavy (non-hydrogen) atoms. The zero-order valence-corrected chi connectivity index (χ0v) is 10.6. The normalized spacial score (nSPS) is 24.0. The topological polar surface area (TPSA) is 12.0 Å². The minimum atomic E-state index is 0.712. The van der Waals surface area contributed by atoms with Crippen LogP contribution in [-0.2, 0) is 0 Å². The molecular weight excluding hydrogens is 206 g/mol. The van der Waals surface area contributed by atoms with E-state index < -0.39 is 0 Å². The molecule has 1 heteroatoms. The van der Waals surface area contributed by atoms with Gasteiger partial charge in [-0.15, -0.1) is 0 Å². The van der Waals surface area contributed by atoms with E-state index in [1.165, 1.54) is 57.1 Å². The first kappa shape index (κ1) is 11.1. The second-order valence-corrected chi connectivity index (χ2v) is 5.99. The van der Waals surface area contributed by atoms with E-state index in [0.717, 1.165) is 5.41 Å². The molecule has 0 unspecified atom stereocenters. The quantitative estimate of drug-likeness (QED) is 0.781. The van der Waals surface area contributed by atoms with E-state index in [1.54, 1.807) is 0 Å². The Bertz CT molecular complexity index is 341. The van der Waals surface area contributed by atoms with Crippen LogP contribution in [-0.4, -0.2) is 6.04 Å². The zero-order valence-electron chi connectivity index (χ0n) is 10.6. The number of hydrogen-bond donors (Lipinski definition) is 1. The summed E-state index contributed by atoms with van der Waals surface area (Å²) < 4.78 is 0. The Labute approximate surface area is 105 Å². The molecule has 0 aliphatic heterocycles. The van der Waals surface area contributed by atoms with Gasteiger partial charge in [0.15, 0.2) is 0 Å². The van der Waals surface area contributed by atoms with Crippen LogP contribution in [0.4, 0.5) is 5.69 Å². The fraction of sp³-hybridized carbons (Fsp3) is 0.625. The molecule has 1 N–H and O–H groups in total. The van der Waals surface area contributed by atoms with Gasteiger partial charge in [0.2, 0.25) is 0 Å². The van der Waals surface area contributed by atoms with Gasteiger partial charge in [0.1, 0.15) is 0 Å². The van der Waals surface area contributed by atoms with E-state index in [0.29, 0.717) is 6.04 Å². The largest absolute Gasteiger partial charge is 0.382 e. The van der Waals surface area contributed by atoms with E-state index in [1.807, 2.05) is 0 Å². The van der Waals surface area contributed by atoms with Crippen molar-refractivity contribution in [3.63, 3.8) is 0 Å². The number of rotatable bonds is 2. The van der Waals surface area contributed by atoms with Crippen molar-refractivity contribution in [1.29, 1.82) is 0 Å². The Morgan fingerprint density at radius 1 is 0.882 bits per heavy atom. The molecule has 0 saturated heterocycles. The minimum absolute atomic E-state index is 0.712. The Morgan fingerprint density at radius 3 is 2.18 bits per heavy atom. The van der Waals surface area contributed by atoms with Gasteiger partial charge in [-0.05, 0) is 56.1 Å². The number of hydrogen-bond acceptors (Lipinski definition) is 1. The van der Waals surface area contributed by atoms with Crippen LogP contribution in [0.3, 0.4) is 0 Å². The summed E-state index contributed by atoms with van der Waals surface area (Å²) in [6.45, 7) is 0. The third-order valence-corrected chi connectivity index (χ3v) is 4.86. The fourth-order valence-corrected chi connectivity index (χ4v) is 3.77. The van der Waals surface area contributed by atoms with Crippen LogP contribution >= 0.6 is 0 Å². The summed E-state index contributed by atoms with van der Waals surface area (Å²) >= 11 is 0. The molecule has 0 bridgehead atoms. The van der Waals surface area contributed by atoms with E-state index >= 15 is 0 Å². The van der Waals surface area contributed by atoms with Crippen molar-refractivity contribution < 1.29 is 0 Å². The standard InChI is InChI=1S/C16H23N/c1-2-6-14(7-3-1)17-15-8-12-16(13-9-15)10-4-5-11-16/h1-3,6-7,15,17H,4-5,8-13H2. The summed E-state index contributed by atoms with van der Waals surface area (Å²) in [5.74, 6) is 0. The van der Waals surface area contributed by atoms with Gasteiger partial charge in [0, 0.05) is 11.7 Å². The first-order chi connectivity index (χ1) is 8.36. The van der Waals surface area contributed by atoms with Gasteiger partial charge < -0.3 is 5.32 Å². The second kappa shape index (κ2) is 4.72. The molecule has 2 saturated carbocycles. The van der Waals surface area contributed by atoms with Crippen LogP contribution < -0.4 is 5.32 Å². The van der Waals surface area contributed by atoms with Crippen molar-refractivity contribution in [1.82, 2.24) is 0 Å². The smallest absolute Gasteiger partial charge is 0.0342 e. The number of para-hydroxylation sites is 1. The summed E-state index contributed by atoms with van der Waals surface area (Å²) in [6.07, 6.45) is 11.6. The first-order valence-electron chi connectivity index (χ1n) is 7.18. The molecule has 3 rings (SSSR count). The maximum atomic E-state index is 3.69. The van der Waals surface area contributed by atoms with Crippen LogP contribution in [0.1, 0.15) is 51.4 Å². The van der Waals surface area contributed by atoms with Crippen molar-refractivity contribution in [2.75, 3.05) is 5.32 Å². The Hall–Kier alpha value is -0.980. The lowest BCUT2D eigenvalue weighted by molar-refractivity contribution is 0.188. The van der Waals surface area contributed by atoms with Gasteiger partial charge >= 0.3 is 0 Å². The third-order valence-electron chi connectivity index (χ3n) is 4.86. The molecule has 2 fully saturated rings. The maximum absolute atomic E-state index is 3.69. The first-order valence-corrected chi connectivity index (χ1v) is 7.18. The average Bonchev–Trinajstić information content (AvgIpc) is 2.83. The fourth-order valence-electron chi connectivity index (χ4n) is 3.77. The zero-order chi connectivity index (χ0) is 11.6. The maximum Gasteiger partial charge on any atom is 0.0342 e. The van der Waals surface area contributed by atoms with Crippen molar-refractivity contribution in [2.45, 2.75) is 57.4 Å².